The van der Waals surface area contributed by atoms with Crippen molar-refractivity contribution in [1.29, 1.82) is 0 Å². The fraction of sp³-hybridized carbons (Fsp3) is 0.190. The fourth-order valence-electron chi connectivity index (χ4n) is 3.35. The summed E-state index contributed by atoms with van der Waals surface area (Å²) in [5.41, 5.74) is 3.53. The first-order chi connectivity index (χ1) is 13.4. The number of amides is 1. The predicted molar refractivity (Wildman–Crippen MR) is 106 cm³/mol. The molecule has 3 aromatic rings. The number of rotatable bonds is 3. The van der Waals surface area contributed by atoms with Crippen LogP contribution < -0.4 is 10.1 Å². The largest absolute Gasteiger partial charge is 0.407 e. The molecule has 0 bridgehead atoms. The van der Waals surface area contributed by atoms with Gasteiger partial charge in [-0.15, -0.1) is 0 Å². The number of hydrogen-bond donors (Lipinski definition) is 1. The lowest BCUT2D eigenvalue weighted by Crippen LogP contribution is -2.30. The fourth-order valence-corrected chi connectivity index (χ4v) is 3.52. The van der Waals surface area contributed by atoms with Crippen LogP contribution in [0.4, 0.5) is 5.69 Å². The van der Waals surface area contributed by atoms with Crippen molar-refractivity contribution in [1.82, 2.24) is 9.78 Å². The molecule has 0 radical (unpaired) electrons. The zero-order chi connectivity index (χ0) is 19.8. The van der Waals surface area contributed by atoms with Gasteiger partial charge in [0.2, 0.25) is 11.8 Å². The number of carbonyl (C=O) groups excluding carboxylic acids is 2. The van der Waals surface area contributed by atoms with E-state index in [1.54, 1.807) is 16.8 Å². The van der Waals surface area contributed by atoms with E-state index in [2.05, 4.69) is 10.4 Å². The summed E-state index contributed by atoms with van der Waals surface area (Å²) in [4.78, 5) is 25.3. The Hall–Kier alpha value is -3.12. The van der Waals surface area contributed by atoms with Crippen molar-refractivity contribution in [2.45, 2.75) is 26.2 Å². The number of esters is 1. The number of hydrogen-bond acceptors (Lipinski definition) is 4. The second kappa shape index (κ2) is 7.13. The van der Waals surface area contributed by atoms with Crippen LogP contribution in [0.2, 0.25) is 5.02 Å². The van der Waals surface area contributed by atoms with Gasteiger partial charge in [-0.25, -0.2) is 4.68 Å². The lowest BCUT2D eigenvalue weighted by atomic mass is 9.93. The SMILES string of the molecule is Cc1ccc(Cl)cc1NC(=O)[C@@H]1CC(=O)Oc2c1c(C)nn2-c1ccccc1. The topological polar surface area (TPSA) is 73.2 Å². The molecule has 0 aliphatic carbocycles. The van der Waals surface area contributed by atoms with Gasteiger partial charge in [-0.1, -0.05) is 35.9 Å². The van der Waals surface area contributed by atoms with E-state index in [1.165, 1.54) is 0 Å². The van der Waals surface area contributed by atoms with E-state index in [9.17, 15) is 9.59 Å². The van der Waals surface area contributed by atoms with Gasteiger partial charge in [0, 0.05) is 10.7 Å². The average Bonchev–Trinajstić information content (AvgIpc) is 3.01. The third-order valence-corrected chi connectivity index (χ3v) is 5.00. The number of halogens is 1. The van der Waals surface area contributed by atoms with Gasteiger partial charge in [-0.3, -0.25) is 9.59 Å². The zero-order valence-electron chi connectivity index (χ0n) is 15.4. The van der Waals surface area contributed by atoms with Gasteiger partial charge >= 0.3 is 5.97 Å². The summed E-state index contributed by atoms with van der Waals surface area (Å²) in [5.74, 6) is -1.15. The van der Waals surface area contributed by atoms with Crippen LogP contribution in [0.3, 0.4) is 0 Å². The van der Waals surface area contributed by atoms with Gasteiger partial charge in [0.1, 0.15) is 0 Å². The van der Waals surface area contributed by atoms with Gasteiger partial charge in [0.25, 0.3) is 0 Å². The average molecular weight is 396 g/mol. The molecule has 1 N–H and O–H groups in total. The van der Waals surface area contributed by atoms with Crippen molar-refractivity contribution in [3.63, 3.8) is 0 Å². The van der Waals surface area contributed by atoms with Crippen LogP contribution in [0.15, 0.2) is 48.5 Å². The maximum absolute atomic E-state index is 13.0. The Labute approximate surface area is 167 Å². The van der Waals surface area contributed by atoms with Crippen LogP contribution in [0, 0.1) is 13.8 Å². The summed E-state index contributed by atoms with van der Waals surface area (Å²) in [6.45, 7) is 3.69. The highest BCUT2D eigenvalue weighted by atomic mass is 35.5. The van der Waals surface area contributed by atoms with Crippen molar-refractivity contribution in [3.05, 3.63) is 70.4 Å². The maximum Gasteiger partial charge on any atom is 0.313 e. The Kier molecular flexibility index (Phi) is 4.65. The van der Waals surface area contributed by atoms with Crippen LogP contribution in [0.1, 0.15) is 29.2 Å². The highest BCUT2D eigenvalue weighted by Crippen LogP contribution is 2.39. The van der Waals surface area contributed by atoms with Gasteiger partial charge in [-0.05, 0) is 43.7 Å². The molecule has 6 nitrogen and oxygen atoms in total. The summed E-state index contributed by atoms with van der Waals surface area (Å²) in [6, 6.07) is 14.6. The molecule has 0 saturated carbocycles. The molecule has 2 heterocycles. The number of para-hydroxylation sites is 1. The second-order valence-corrected chi connectivity index (χ2v) is 7.17. The van der Waals surface area contributed by atoms with Gasteiger partial charge in [0.05, 0.1) is 29.3 Å². The molecule has 1 aliphatic heterocycles. The third-order valence-electron chi connectivity index (χ3n) is 4.77. The van der Waals surface area contributed by atoms with Gasteiger partial charge in [-0.2, -0.15) is 5.10 Å². The molecule has 0 spiro atoms. The molecule has 28 heavy (non-hydrogen) atoms. The summed E-state index contributed by atoms with van der Waals surface area (Å²) in [5, 5.41) is 7.92. The number of nitrogens with zero attached hydrogens (tertiary/aromatic N) is 2. The van der Waals surface area contributed by atoms with E-state index in [-0.39, 0.29) is 12.3 Å². The van der Waals surface area contributed by atoms with Crippen LogP contribution in [0.5, 0.6) is 5.88 Å². The van der Waals surface area contributed by atoms with Gasteiger partial charge in [0.15, 0.2) is 0 Å². The minimum absolute atomic E-state index is 0.0419. The molecule has 0 saturated heterocycles. The number of benzene rings is 2. The standard InChI is InChI=1S/C21H18ClN3O3/c1-12-8-9-14(22)10-17(12)23-20(27)16-11-18(26)28-21-19(16)13(2)24-25(21)15-6-4-3-5-7-15/h3-10,16H,11H2,1-2H3,(H,23,27)/t16-/m1/s1. The van der Waals surface area contributed by atoms with E-state index in [0.717, 1.165) is 11.3 Å². The van der Waals surface area contributed by atoms with E-state index in [0.29, 0.717) is 27.8 Å². The highest BCUT2D eigenvalue weighted by Gasteiger charge is 2.38. The van der Waals surface area contributed by atoms with Crippen molar-refractivity contribution in [2.24, 2.45) is 0 Å². The minimum atomic E-state index is -0.688. The Morgan fingerprint density at radius 3 is 2.71 bits per heavy atom. The smallest absolute Gasteiger partial charge is 0.313 e. The number of carbonyl (C=O) groups is 2. The summed E-state index contributed by atoms with van der Waals surface area (Å²) < 4.78 is 7.03. The quantitative estimate of drug-likeness (QED) is 0.675. The lowest BCUT2D eigenvalue weighted by Gasteiger charge is -2.22. The van der Waals surface area contributed by atoms with Crippen LogP contribution >= 0.6 is 11.6 Å². The predicted octanol–water partition coefficient (Wildman–Crippen LogP) is 4.17. The number of nitrogens with one attached hydrogen (secondary N) is 1. The molecule has 1 aromatic heterocycles. The first kappa shape index (κ1) is 18.3. The van der Waals surface area contributed by atoms with Crippen molar-refractivity contribution >= 4 is 29.2 Å². The minimum Gasteiger partial charge on any atom is -0.407 e. The molecule has 142 valence electrons. The Balaban J connectivity index is 1.73. The van der Waals surface area contributed by atoms with Crippen LogP contribution in [-0.2, 0) is 9.59 Å². The molecule has 1 amide bonds. The van der Waals surface area contributed by atoms with Crippen LogP contribution in [0.25, 0.3) is 5.69 Å². The molecule has 1 aliphatic rings. The van der Waals surface area contributed by atoms with Crippen molar-refractivity contribution in [3.8, 4) is 11.6 Å². The number of aryl methyl sites for hydroxylation is 2. The third kappa shape index (κ3) is 3.27. The van der Waals surface area contributed by atoms with E-state index >= 15 is 0 Å². The first-order valence-corrected chi connectivity index (χ1v) is 9.24. The number of ether oxygens (including phenoxy) is 1. The van der Waals surface area contributed by atoms with Gasteiger partial charge < -0.3 is 10.1 Å². The lowest BCUT2D eigenvalue weighted by molar-refractivity contribution is -0.138. The number of aromatic nitrogens is 2. The summed E-state index contributed by atoms with van der Waals surface area (Å²) in [6.07, 6.45) is -0.0419. The number of fused-ring (bicyclic) bond motifs is 1. The van der Waals surface area contributed by atoms with Crippen molar-refractivity contribution in [2.75, 3.05) is 5.32 Å². The molecule has 4 rings (SSSR count). The summed E-state index contributed by atoms with van der Waals surface area (Å²) >= 11 is 6.05. The van der Waals surface area contributed by atoms with E-state index < -0.39 is 11.9 Å². The number of anilines is 1. The first-order valence-electron chi connectivity index (χ1n) is 8.86. The Bertz CT molecular complexity index is 1080. The van der Waals surface area contributed by atoms with E-state index in [1.807, 2.05) is 50.2 Å². The van der Waals surface area contributed by atoms with E-state index in [4.69, 9.17) is 16.3 Å². The zero-order valence-corrected chi connectivity index (χ0v) is 16.2. The summed E-state index contributed by atoms with van der Waals surface area (Å²) in [7, 11) is 0. The highest BCUT2D eigenvalue weighted by molar-refractivity contribution is 6.31. The molecule has 0 unspecified atom stereocenters. The molecule has 7 heteroatoms. The Morgan fingerprint density at radius 2 is 1.96 bits per heavy atom. The molecular formula is C21H18ClN3O3. The van der Waals surface area contributed by atoms with Crippen molar-refractivity contribution < 1.29 is 14.3 Å². The molecular weight excluding hydrogens is 378 g/mol. The second-order valence-electron chi connectivity index (χ2n) is 6.73. The monoisotopic (exact) mass is 395 g/mol. The maximum atomic E-state index is 13.0. The molecule has 1 atom stereocenters. The normalized spacial score (nSPS) is 15.7. The Morgan fingerprint density at radius 1 is 1.21 bits per heavy atom. The molecule has 0 fully saturated rings. The molecule has 2 aromatic carbocycles. The van der Waals surface area contributed by atoms with Crippen LogP contribution in [-0.4, -0.2) is 21.7 Å².